The van der Waals surface area contributed by atoms with Gasteiger partial charge in [-0.25, -0.2) is 4.79 Å². The van der Waals surface area contributed by atoms with E-state index in [0.717, 1.165) is 18.2 Å². The van der Waals surface area contributed by atoms with Gasteiger partial charge in [0.05, 0.1) is 12.7 Å². The summed E-state index contributed by atoms with van der Waals surface area (Å²) in [4.78, 5) is 23.1. The number of nitrogens with one attached hydrogen (secondary N) is 1. The molecule has 1 atom stereocenters. The van der Waals surface area contributed by atoms with Gasteiger partial charge in [-0.15, -0.1) is 0 Å². The lowest BCUT2D eigenvalue weighted by atomic mass is 10.1. The molecule has 20 heavy (non-hydrogen) atoms. The van der Waals surface area contributed by atoms with Crippen LogP contribution in [0.25, 0.3) is 0 Å². The molecule has 1 rings (SSSR count). The number of rotatable bonds is 4. The van der Waals surface area contributed by atoms with Gasteiger partial charge >= 0.3 is 12.1 Å². The third kappa shape index (κ3) is 3.97. The average molecular weight is 289 g/mol. The summed E-state index contributed by atoms with van der Waals surface area (Å²) < 4.78 is 42.1. The second kappa shape index (κ2) is 6.40. The average Bonchev–Trinajstić information content (AvgIpc) is 2.42. The maximum Gasteiger partial charge on any atom is 0.416 e. The van der Waals surface area contributed by atoms with Crippen molar-refractivity contribution in [3.63, 3.8) is 0 Å². The molecule has 0 fully saturated rings. The predicted molar refractivity (Wildman–Crippen MR) is 65.0 cm³/mol. The molecule has 7 heteroatoms. The van der Waals surface area contributed by atoms with E-state index in [1.807, 2.05) is 0 Å². The molecule has 1 aromatic rings. The molecule has 1 amide bonds. The summed E-state index contributed by atoms with van der Waals surface area (Å²) in [5, 5.41) is 2.33. The first-order valence-corrected chi connectivity index (χ1v) is 5.85. The Morgan fingerprint density at radius 2 is 2.00 bits per heavy atom. The zero-order valence-electron chi connectivity index (χ0n) is 11.0. The number of hydrogen-bond acceptors (Lipinski definition) is 3. The Morgan fingerprint density at radius 1 is 1.35 bits per heavy atom. The Bertz CT molecular complexity index is 500. The number of esters is 1. The van der Waals surface area contributed by atoms with Gasteiger partial charge in [-0.05, 0) is 24.6 Å². The van der Waals surface area contributed by atoms with Gasteiger partial charge in [0.1, 0.15) is 6.04 Å². The smallest absolute Gasteiger partial charge is 0.416 e. The van der Waals surface area contributed by atoms with Gasteiger partial charge in [0, 0.05) is 5.56 Å². The van der Waals surface area contributed by atoms with Gasteiger partial charge in [0.15, 0.2) is 0 Å². The van der Waals surface area contributed by atoms with Crippen LogP contribution in [-0.4, -0.2) is 25.0 Å². The van der Waals surface area contributed by atoms with Crippen molar-refractivity contribution in [2.45, 2.75) is 25.6 Å². The Morgan fingerprint density at radius 3 is 2.50 bits per heavy atom. The molecule has 0 spiro atoms. The van der Waals surface area contributed by atoms with Crippen molar-refractivity contribution in [2.75, 3.05) is 7.11 Å². The maximum atomic E-state index is 12.5. The molecule has 0 saturated carbocycles. The Labute approximate surface area is 113 Å². The van der Waals surface area contributed by atoms with Crippen molar-refractivity contribution in [3.05, 3.63) is 35.4 Å². The van der Waals surface area contributed by atoms with Crippen LogP contribution >= 0.6 is 0 Å². The van der Waals surface area contributed by atoms with Gasteiger partial charge in [0.2, 0.25) is 0 Å². The lowest BCUT2D eigenvalue weighted by Gasteiger charge is -2.15. The molecule has 0 aliphatic rings. The Balaban J connectivity index is 2.90. The third-order valence-corrected chi connectivity index (χ3v) is 2.65. The Kier molecular flexibility index (Phi) is 5.12. The lowest BCUT2D eigenvalue weighted by molar-refractivity contribution is -0.143. The summed E-state index contributed by atoms with van der Waals surface area (Å²) >= 11 is 0. The lowest BCUT2D eigenvalue weighted by Crippen LogP contribution is -2.41. The van der Waals surface area contributed by atoms with Crippen molar-refractivity contribution in [3.8, 4) is 0 Å². The fourth-order valence-corrected chi connectivity index (χ4v) is 1.55. The van der Waals surface area contributed by atoms with E-state index in [1.54, 1.807) is 6.92 Å². The fourth-order valence-electron chi connectivity index (χ4n) is 1.55. The minimum absolute atomic E-state index is 0.165. The maximum absolute atomic E-state index is 12.5. The van der Waals surface area contributed by atoms with Gasteiger partial charge < -0.3 is 10.1 Å². The van der Waals surface area contributed by atoms with E-state index in [1.165, 1.54) is 13.2 Å². The van der Waals surface area contributed by atoms with Crippen LogP contribution in [-0.2, 0) is 15.7 Å². The quantitative estimate of drug-likeness (QED) is 0.866. The molecule has 0 aliphatic carbocycles. The summed E-state index contributed by atoms with van der Waals surface area (Å²) in [5.74, 6) is -1.40. The first-order chi connectivity index (χ1) is 9.29. The number of ether oxygens (including phenoxy) is 1. The van der Waals surface area contributed by atoms with Crippen molar-refractivity contribution in [1.29, 1.82) is 0 Å². The second-order valence-corrected chi connectivity index (χ2v) is 4.04. The van der Waals surface area contributed by atoms with E-state index in [9.17, 15) is 22.8 Å². The van der Waals surface area contributed by atoms with Crippen LogP contribution in [0.5, 0.6) is 0 Å². The topological polar surface area (TPSA) is 55.4 Å². The number of halogens is 3. The number of methoxy groups -OCH3 is 1. The molecule has 0 aliphatic heterocycles. The van der Waals surface area contributed by atoms with Crippen molar-refractivity contribution in [2.24, 2.45) is 0 Å². The highest BCUT2D eigenvalue weighted by Crippen LogP contribution is 2.29. The molecule has 4 nitrogen and oxygen atoms in total. The molecule has 0 saturated heterocycles. The predicted octanol–water partition coefficient (Wildman–Crippen LogP) is 2.39. The molecule has 0 radical (unpaired) electrons. The van der Waals surface area contributed by atoms with Gasteiger partial charge in [-0.3, -0.25) is 4.79 Å². The number of hydrogen-bond donors (Lipinski definition) is 1. The molecular formula is C13H14F3NO3. The van der Waals surface area contributed by atoms with Crippen LogP contribution in [0, 0.1) is 0 Å². The molecule has 0 heterocycles. The van der Waals surface area contributed by atoms with E-state index in [4.69, 9.17) is 0 Å². The van der Waals surface area contributed by atoms with Crippen molar-refractivity contribution in [1.82, 2.24) is 5.32 Å². The summed E-state index contributed by atoms with van der Waals surface area (Å²) in [6, 6.07) is 3.10. The normalized spacial score (nSPS) is 12.7. The molecular weight excluding hydrogens is 275 g/mol. The van der Waals surface area contributed by atoms with Crippen LogP contribution < -0.4 is 5.32 Å². The zero-order chi connectivity index (χ0) is 15.3. The second-order valence-electron chi connectivity index (χ2n) is 4.04. The Hall–Kier alpha value is -2.05. The number of carbonyl (C=O) groups is 2. The number of benzene rings is 1. The van der Waals surface area contributed by atoms with Gasteiger partial charge in [0.25, 0.3) is 5.91 Å². The SMILES string of the molecule is CC[C@@H](NC(=O)c1cccc(C(F)(F)F)c1)C(=O)OC. The summed E-state index contributed by atoms with van der Waals surface area (Å²) in [6.45, 7) is 1.65. The molecule has 110 valence electrons. The molecule has 1 N–H and O–H groups in total. The zero-order valence-corrected chi connectivity index (χ0v) is 11.0. The standard InChI is InChI=1S/C13H14F3NO3/c1-3-10(12(19)20-2)17-11(18)8-5-4-6-9(7-8)13(14,15)16/h4-7,10H,3H2,1-2H3,(H,17,18)/t10-/m1/s1. The number of amides is 1. The first-order valence-electron chi connectivity index (χ1n) is 5.85. The highest BCUT2D eigenvalue weighted by Gasteiger charge is 2.31. The monoisotopic (exact) mass is 289 g/mol. The third-order valence-electron chi connectivity index (χ3n) is 2.65. The summed E-state index contributed by atoms with van der Waals surface area (Å²) in [5.41, 5.74) is -1.08. The summed E-state index contributed by atoms with van der Waals surface area (Å²) in [6.07, 6.45) is -4.25. The van der Waals surface area contributed by atoms with E-state index in [-0.39, 0.29) is 12.0 Å². The van der Waals surface area contributed by atoms with Gasteiger partial charge in [-0.2, -0.15) is 13.2 Å². The molecule has 0 unspecified atom stereocenters. The largest absolute Gasteiger partial charge is 0.467 e. The van der Waals surface area contributed by atoms with Crippen LogP contribution in [0.2, 0.25) is 0 Å². The van der Waals surface area contributed by atoms with Gasteiger partial charge in [-0.1, -0.05) is 13.0 Å². The highest BCUT2D eigenvalue weighted by molar-refractivity contribution is 5.96. The van der Waals surface area contributed by atoms with E-state index in [2.05, 4.69) is 10.1 Å². The van der Waals surface area contributed by atoms with Crippen molar-refractivity contribution < 1.29 is 27.5 Å². The van der Waals surface area contributed by atoms with E-state index < -0.39 is 29.7 Å². The van der Waals surface area contributed by atoms with Crippen LogP contribution in [0.4, 0.5) is 13.2 Å². The van der Waals surface area contributed by atoms with Crippen LogP contribution in [0.15, 0.2) is 24.3 Å². The number of alkyl halides is 3. The van der Waals surface area contributed by atoms with Crippen LogP contribution in [0.1, 0.15) is 29.3 Å². The van der Waals surface area contributed by atoms with E-state index >= 15 is 0 Å². The fraction of sp³-hybridized carbons (Fsp3) is 0.385. The molecule has 0 bridgehead atoms. The van der Waals surface area contributed by atoms with Crippen molar-refractivity contribution >= 4 is 11.9 Å². The summed E-state index contributed by atoms with van der Waals surface area (Å²) in [7, 11) is 1.17. The molecule has 1 aromatic carbocycles. The number of carbonyl (C=O) groups excluding carboxylic acids is 2. The minimum Gasteiger partial charge on any atom is -0.467 e. The van der Waals surface area contributed by atoms with E-state index in [0.29, 0.717) is 0 Å². The minimum atomic E-state index is -4.53. The molecule has 0 aromatic heterocycles. The van der Waals surface area contributed by atoms with Crippen LogP contribution in [0.3, 0.4) is 0 Å². The highest BCUT2D eigenvalue weighted by atomic mass is 19.4. The first kappa shape index (κ1) is 16.0.